The zero-order valence-corrected chi connectivity index (χ0v) is 9.62. The van der Waals surface area contributed by atoms with Crippen LogP contribution in [0.15, 0.2) is 45.1 Å². The van der Waals surface area contributed by atoms with Crippen molar-refractivity contribution < 1.29 is 5.21 Å². The van der Waals surface area contributed by atoms with Crippen molar-refractivity contribution in [1.82, 2.24) is 9.55 Å². The number of aromatic amines is 1. The molecule has 1 aromatic heterocycles. The minimum atomic E-state index is -0.529. The molecule has 1 aromatic carbocycles. The smallest absolute Gasteiger partial charge is 0.333 e. The van der Waals surface area contributed by atoms with E-state index in [9.17, 15) is 9.59 Å². The van der Waals surface area contributed by atoms with Crippen LogP contribution in [-0.4, -0.2) is 21.0 Å². The summed E-state index contributed by atoms with van der Waals surface area (Å²) in [5.41, 5.74) is -0.105. The van der Waals surface area contributed by atoms with Crippen molar-refractivity contribution in [3.05, 3.63) is 62.4 Å². The molecule has 2 aromatic rings. The molecule has 18 heavy (non-hydrogen) atoms. The van der Waals surface area contributed by atoms with E-state index >= 15 is 0 Å². The summed E-state index contributed by atoms with van der Waals surface area (Å²) in [4.78, 5) is 26.5. The van der Waals surface area contributed by atoms with Crippen LogP contribution in [0.1, 0.15) is 11.3 Å². The molecule has 1 heterocycles. The lowest BCUT2D eigenvalue weighted by atomic mass is 10.2. The Hall–Kier alpha value is -2.63. The Morgan fingerprint density at radius 2 is 1.94 bits per heavy atom. The fourth-order valence-electron chi connectivity index (χ4n) is 1.68. The maximum Gasteiger partial charge on any atom is 0.333 e. The number of nitrogens with zero attached hydrogens (tertiary/aromatic N) is 2. The van der Waals surface area contributed by atoms with E-state index in [4.69, 9.17) is 5.21 Å². The lowest BCUT2D eigenvalue weighted by Crippen LogP contribution is -2.36. The van der Waals surface area contributed by atoms with Gasteiger partial charge in [-0.15, -0.1) is 0 Å². The normalized spacial score (nSPS) is 10.9. The fourth-order valence-corrected chi connectivity index (χ4v) is 1.68. The van der Waals surface area contributed by atoms with Gasteiger partial charge in [-0.25, -0.2) is 9.36 Å². The number of aryl methyl sites for hydroxylation is 1. The van der Waals surface area contributed by atoms with Crippen LogP contribution in [0.25, 0.3) is 5.69 Å². The molecule has 6 nitrogen and oxygen atoms in total. The van der Waals surface area contributed by atoms with E-state index in [-0.39, 0.29) is 5.56 Å². The van der Waals surface area contributed by atoms with Gasteiger partial charge in [-0.2, -0.15) is 0 Å². The van der Waals surface area contributed by atoms with Gasteiger partial charge >= 0.3 is 5.69 Å². The van der Waals surface area contributed by atoms with Crippen LogP contribution in [0.4, 0.5) is 0 Å². The lowest BCUT2D eigenvalue weighted by Gasteiger charge is -2.06. The first-order valence-corrected chi connectivity index (χ1v) is 5.24. The lowest BCUT2D eigenvalue weighted by molar-refractivity contribution is 0.321. The fraction of sp³-hybridized carbons (Fsp3) is 0.0833. The van der Waals surface area contributed by atoms with Gasteiger partial charge in [0.1, 0.15) is 0 Å². The minimum Gasteiger partial charge on any atom is -0.411 e. The first kappa shape index (κ1) is 11.8. The Kier molecular flexibility index (Phi) is 3.09. The molecule has 2 N–H and O–H groups in total. The van der Waals surface area contributed by atoms with Gasteiger partial charge in [-0.3, -0.25) is 4.79 Å². The van der Waals surface area contributed by atoms with Crippen LogP contribution in [0.5, 0.6) is 0 Å². The van der Waals surface area contributed by atoms with Crippen LogP contribution in [0.3, 0.4) is 0 Å². The first-order chi connectivity index (χ1) is 8.65. The van der Waals surface area contributed by atoms with E-state index in [0.717, 1.165) is 10.8 Å². The highest BCUT2D eigenvalue weighted by Crippen LogP contribution is 2.02. The largest absolute Gasteiger partial charge is 0.411 e. The monoisotopic (exact) mass is 245 g/mol. The average molecular weight is 245 g/mol. The van der Waals surface area contributed by atoms with Crippen molar-refractivity contribution in [2.45, 2.75) is 6.92 Å². The molecular weight excluding hydrogens is 234 g/mol. The van der Waals surface area contributed by atoms with Crippen molar-refractivity contribution in [1.29, 1.82) is 0 Å². The number of hydrogen-bond donors (Lipinski definition) is 2. The molecule has 92 valence electrons. The van der Waals surface area contributed by atoms with E-state index in [1.165, 1.54) is 0 Å². The third-order valence-corrected chi connectivity index (χ3v) is 2.54. The highest BCUT2D eigenvalue weighted by Gasteiger charge is 2.11. The Labute approximate surface area is 102 Å². The molecule has 0 radical (unpaired) electrons. The van der Waals surface area contributed by atoms with Crippen molar-refractivity contribution in [2.75, 3.05) is 0 Å². The van der Waals surface area contributed by atoms with Crippen molar-refractivity contribution in [3.63, 3.8) is 0 Å². The number of nitrogens with one attached hydrogen (secondary N) is 1. The molecule has 0 atom stereocenters. The molecule has 0 aliphatic heterocycles. The summed E-state index contributed by atoms with van der Waals surface area (Å²) in [5, 5.41) is 11.4. The zero-order valence-electron chi connectivity index (χ0n) is 9.62. The Morgan fingerprint density at radius 1 is 1.28 bits per heavy atom. The predicted molar refractivity (Wildman–Crippen MR) is 66.8 cm³/mol. The Balaban J connectivity index is 2.81. The van der Waals surface area contributed by atoms with Gasteiger partial charge in [0, 0.05) is 5.69 Å². The highest BCUT2D eigenvalue weighted by atomic mass is 16.4. The second-order valence-corrected chi connectivity index (χ2v) is 3.69. The number of aromatic nitrogens is 2. The second-order valence-electron chi connectivity index (χ2n) is 3.69. The number of benzene rings is 1. The molecule has 0 fully saturated rings. The summed E-state index contributed by atoms with van der Waals surface area (Å²) in [5.74, 6) is 0. The van der Waals surface area contributed by atoms with Gasteiger partial charge < -0.3 is 10.2 Å². The van der Waals surface area contributed by atoms with Gasteiger partial charge in [0.05, 0.1) is 17.5 Å². The molecule has 2 rings (SSSR count). The minimum absolute atomic E-state index is 0.140. The average Bonchev–Trinajstić information content (AvgIpc) is 2.35. The van der Waals surface area contributed by atoms with Gasteiger partial charge in [-0.1, -0.05) is 23.4 Å². The summed E-state index contributed by atoms with van der Waals surface area (Å²) in [6, 6.07) is 8.52. The number of hydrogen-bond acceptors (Lipinski definition) is 4. The summed E-state index contributed by atoms with van der Waals surface area (Å²) < 4.78 is 0.990. The van der Waals surface area contributed by atoms with Crippen LogP contribution in [0, 0.1) is 6.92 Å². The van der Waals surface area contributed by atoms with Crippen molar-refractivity contribution in [3.8, 4) is 5.69 Å². The highest BCUT2D eigenvalue weighted by molar-refractivity contribution is 5.79. The topological polar surface area (TPSA) is 87.5 Å². The van der Waals surface area contributed by atoms with Crippen molar-refractivity contribution in [2.24, 2.45) is 5.16 Å². The molecular formula is C12H11N3O3. The van der Waals surface area contributed by atoms with E-state index < -0.39 is 11.2 Å². The van der Waals surface area contributed by atoms with Crippen LogP contribution in [-0.2, 0) is 0 Å². The van der Waals surface area contributed by atoms with Crippen LogP contribution >= 0.6 is 0 Å². The van der Waals surface area contributed by atoms with Gasteiger partial charge in [-0.05, 0) is 19.1 Å². The van der Waals surface area contributed by atoms with E-state index in [1.54, 1.807) is 37.3 Å². The molecule has 0 unspecified atom stereocenters. The third kappa shape index (κ3) is 1.95. The number of para-hydroxylation sites is 1. The number of H-pyrrole nitrogens is 1. The molecule has 0 spiro atoms. The molecule has 0 aliphatic rings. The Bertz CT molecular complexity index is 699. The molecule has 0 saturated heterocycles. The summed E-state index contributed by atoms with van der Waals surface area (Å²) in [7, 11) is 0. The van der Waals surface area contributed by atoms with E-state index in [1.807, 2.05) is 0 Å². The van der Waals surface area contributed by atoms with Crippen LogP contribution < -0.4 is 11.2 Å². The quantitative estimate of drug-likeness (QED) is 0.462. The Morgan fingerprint density at radius 3 is 2.56 bits per heavy atom. The molecule has 0 bridgehead atoms. The maximum absolute atomic E-state index is 12.1. The van der Waals surface area contributed by atoms with Crippen LogP contribution in [0.2, 0.25) is 0 Å². The molecule has 0 amide bonds. The number of rotatable bonds is 2. The molecule has 0 aliphatic carbocycles. The summed E-state index contributed by atoms with van der Waals surface area (Å²) >= 11 is 0. The summed E-state index contributed by atoms with van der Waals surface area (Å²) in [6.45, 7) is 1.56. The van der Waals surface area contributed by atoms with Gasteiger partial charge in [0.15, 0.2) is 0 Å². The second kappa shape index (κ2) is 4.70. The molecule has 6 heteroatoms. The predicted octanol–water partition coefficient (Wildman–Crippen LogP) is 0.642. The van der Waals surface area contributed by atoms with E-state index in [0.29, 0.717) is 11.4 Å². The number of oxime groups is 1. The maximum atomic E-state index is 12.1. The first-order valence-electron chi connectivity index (χ1n) is 5.24. The van der Waals surface area contributed by atoms with Gasteiger partial charge in [0.25, 0.3) is 5.56 Å². The SMILES string of the molecule is Cc1[nH]c(=O)n(-c2ccccc2)c(=O)c1C=NO. The third-order valence-electron chi connectivity index (χ3n) is 2.54. The van der Waals surface area contributed by atoms with E-state index in [2.05, 4.69) is 10.1 Å². The zero-order chi connectivity index (χ0) is 13.1. The molecule has 0 saturated carbocycles. The van der Waals surface area contributed by atoms with Gasteiger partial charge in [0.2, 0.25) is 0 Å². The standard InChI is InChI=1S/C12H11N3O3/c1-8-10(7-13-18)11(16)15(12(17)14-8)9-5-3-2-4-6-9/h2-7,18H,1H3,(H,14,17). The summed E-state index contributed by atoms with van der Waals surface area (Å²) in [6.07, 6.45) is 1.01. The van der Waals surface area contributed by atoms with Crippen molar-refractivity contribution >= 4 is 6.21 Å².